The zero-order valence-electron chi connectivity index (χ0n) is 13.9. The summed E-state index contributed by atoms with van der Waals surface area (Å²) in [6.07, 6.45) is 0. The lowest BCUT2D eigenvalue weighted by molar-refractivity contribution is 1.26. The summed E-state index contributed by atoms with van der Waals surface area (Å²) >= 11 is 0. The molecule has 0 aliphatic carbocycles. The van der Waals surface area contributed by atoms with Crippen LogP contribution in [0.3, 0.4) is 0 Å². The lowest BCUT2D eigenvalue weighted by atomic mass is 9.91. The molecule has 0 atom stereocenters. The largest absolute Gasteiger partial charge is 0.310 e. The topological polar surface area (TPSA) is 3.24 Å². The maximum absolute atomic E-state index is 5.99. The van der Waals surface area contributed by atoms with Crippen molar-refractivity contribution in [3.8, 4) is 0 Å². The molecule has 3 aromatic rings. The summed E-state index contributed by atoms with van der Waals surface area (Å²) in [7, 11) is 5.99. The molecule has 23 heavy (non-hydrogen) atoms. The maximum atomic E-state index is 5.99. The van der Waals surface area contributed by atoms with Crippen molar-refractivity contribution in [2.45, 2.75) is 20.8 Å². The Morgan fingerprint density at radius 3 is 1.48 bits per heavy atom. The van der Waals surface area contributed by atoms with Crippen LogP contribution in [0.2, 0.25) is 0 Å². The standard InChI is InChI=1S/C21H20BN/c1-15-4-8-18(9-5-15)23(19-10-6-16(2)7-11-19)20-12-13-21(22)17(3)14-20/h4-14H,1-3H3. The number of nitrogens with zero attached hydrogens (tertiary/aromatic N) is 1. The van der Waals surface area contributed by atoms with Gasteiger partial charge in [0.2, 0.25) is 0 Å². The Kier molecular flexibility index (Phi) is 4.25. The molecule has 0 amide bonds. The molecule has 0 unspecified atom stereocenters. The minimum Gasteiger partial charge on any atom is -0.310 e. The van der Waals surface area contributed by atoms with Crippen molar-refractivity contribution in [2.75, 3.05) is 4.90 Å². The third-order valence-electron chi connectivity index (χ3n) is 4.10. The number of hydrogen-bond donors (Lipinski definition) is 0. The molecule has 2 radical (unpaired) electrons. The van der Waals surface area contributed by atoms with Crippen LogP contribution in [0.1, 0.15) is 16.7 Å². The average molecular weight is 297 g/mol. The van der Waals surface area contributed by atoms with E-state index in [-0.39, 0.29) is 0 Å². The lowest BCUT2D eigenvalue weighted by Gasteiger charge is -2.26. The van der Waals surface area contributed by atoms with Crippen LogP contribution in [-0.2, 0) is 0 Å². The fourth-order valence-corrected chi connectivity index (χ4v) is 2.63. The predicted molar refractivity (Wildman–Crippen MR) is 101 cm³/mol. The summed E-state index contributed by atoms with van der Waals surface area (Å²) in [6, 6.07) is 23.4. The van der Waals surface area contributed by atoms with Crippen LogP contribution < -0.4 is 10.4 Å². The van der Waals surface area contributed by atoms with Crippen molar-refractivity contribution in [3.05, 3.63) is 83.4 Å². The molecule has 0 aromatic heterocycles. The Labute approximate surface area is 140 Å². The second-order valence-electron chi connectivity index (χ2n) is 6.05. The first-order valence-electron chi connectivity index (χ1n) is 7.84. The van der Waals surface area contributed by atoms with Gasteiger partial charge in [0.25, 0.3) is 0 Å². The Bertz CT molecular complexity index is 759. The number of benzene rings is 3. The van der Waals surface area contributed by atoms with Crippen LogP contribution in [0, 0.1) is 20.8 Å². The fraction of sp³-hybridized carbons (Fsp3) is 0.143. The first kappa shape index (κ1) is 15.4. The van der Waals surface area contributed by atoms with E-state index in [1.54, 1.807) is 0 Å². The number of hydrogen-bond acceptors (Lipinski definition) is 1. The van der Waals surface area contributed by atoms with E-state index >= 15 is 0 Å². The molecule has 112 valence electrons. The van der Waals surface area contributed by atoms with Crippen LogP contribution in [0.15, 0.2) is 66.7 Å². The molecule has 3 aromatic carbocycles. The molecule has 0 fully saturated rings. The number of aryl methyl sites for hydroxylation is 3. The highest BCUT2D eigenvalue weighted by atomic mass is 15.1. The van der Waals surface area contributed by atoms with Crippen LogP contribution in [0.25, 0.3) is 0 Å². The highest BCUT2D eigenvalue weighted by Gasteiger charge is 2.12. The lowest BCUT2D eigenvalue weighted by Crippen LogP contribution is -2.13. The maximum Gasteiger partial charge on any atom is 0.114 e. The molecule has 0 aliphatic rings. The molecular weight excluding hydrogens is 277 g/mol. The van der Waals surface area contributed by atoms with E-state index in [1.165, 1.54) is 11.1 Å². The normalized spacial score (nSPS) is 10.6. The van der Waals surface area contributed by atoms with Crippen LogP contribution in [0.4, 0.5) is 17.1 Å². The van der Waals surface area contributed by atoms with Gasteiger partial charge in [0.15, 0.2) is 0 Å². The van der Waals surface area contributed by atoms with Crippen molar-refractivity contribution in [3.63, 3.8) is 0 Å². The SMILES string of the molecule is [B]c1ccc(N(c2ccc(C)cc2)c2ccc(C)cc2)cc1C. The van der Waals surface area contributed by atoms with E-state index < -0.39 is 0 Å². The quantitative estimate of drug-likeness (QED) is 0.623. The van der Waals surface area contributed by atoms with Gasteiger partial charge in [0, 0.05) is 17.1 Å². The summed E-state index contributed by atoms with van der Waals surface area (Å²) in [6.45, 7) is 6.25. The molecule has 0 saturated carbocycles. The van der Waals surface area contributed by atoms with Crippen LogP contribution >= 0.6 is 0 Å². The van der Waals surface area contributed by atoms with E-state index in [4.69, 9.17) is 7.85 Å². The van der Waals surface area contributed by atoms with Gasteiger partial charge in [-0.15, -0.1) is 0 Å². The van der Waals surface area contributed by atoms with Crippen molar-refractivity contribution >= 4 is 30.4 Å². The van der Waals surface area contributed by atoms with E-state index in [9.17, 15) is 0 Å². The smallest absolute Gasteiger partial charge is 0.114 e. The minimum atomic E-state index is 0.821. The molecule has 1 nitrogen and oxygen atoms in total. The van der Waals surface area contributed by atoms with Gasteiger partial charge in [-0.3, -0.25) is 0 Å². The molecular formula is C21H20BN. The zero-order valence-corrected chi connectivity index (χ0v) is 13.9. The Morgan fingerprint density at radius 2 is 1.04 bits per heavy atom. The van der Waals surface area contributed by atoms with Crippen molar-refractivity contribution in [2.24, 2.45) is 0 Å². The summed E-state index contributed by atoms with van der Waals surface area (Å²) in [5.74, 6) is 0. The fourth-order valence-electron chi connectivity index (χ4n) is 2.63. The molecule has 0 heterocycles. The number of anilines is 3. The van der Waals surface area contributed by atoms with E-state index in [0.29, 0.717) is 0 Å². The monoisotopic (exact) mass is 297 g/mol. The summed E-state index contributed by atoms with van der Waals surface area (Å²) in [4.78, 5) is 2.26. The third-order valence-corrected chi connectivity index (χ3v) is 4.10. The molecule has 0 N–H and O–H groups in total. The predicted octanol–water partition coefficient (Wildman–Crippen LogP) is 4.88. The van der Waals surface area contributed by atoms with Gasteiger partial charge >= 0.3 is 0 Å². The molecule has 0 spiro atoms. The average Bonchev–Trinajstić information content (AvgIpc) is 2.55. The first-order valence-corrected chi connectivity index (χ1v) is 7.84. The number of rotatable bonds is 3. The molecule has 2 heteroatoms. The van der Waals surface area contributed by atoms with E-state index in [2.05, 4.69) is 79.4 Å². The molecule has 3 rings (SSSR count). The van der Waals surface area contributed by atoms with Crippen LogP contribution in [0.5, 0.6) is 0 Å². The second-order valence-corrected chi connectivity index (χ2v) is 6.05. The Morgan fingerprint density at radius 1 is 0.609 bits per heavy atom. The Balaban J connectivity index is 2.14. The summed E-state index contributed by atoms with van der Waals surface area (Å²) in [5.41, 5.74) is 7.82. The van der Waals surface area contributed by atoms with Crippen molar-refractivity contribution in [1.82, 2.24) is 0 Å². The van der Waals surface area contributed by atoms with Gasteiger partial charge in [-0.05, 0) is 57.2 Å². The van der Waals surface area contributed by atoms with Gasteiger partial charge in [0.1, 0.15) is 7.85 Å². The zero-order chi connectivity index (χ0) is 16.4. The highest BCUT2D eigenvalue weighted by molar-refractivity contribution is 6.33. The third kappa shape index (κ3) is 3.32. The van der Waals surface area contributed by atoms with Gasteiger partial charge in [-0.2, -0.15) is 0 Å². The first-order chi connectivity index (χ1) is 11.0. The van der Waals surface area contributed by atoms with E-state index in [0.717, 1.165) is 28.1 Å². The van der Waals surface area contributed by atoms with Gasteiger partial charge in [0.05, 0.1) is 0 Å². The van der Waals surface area contributed by atoms with Gasteiger partial charge in [-0.25, -0.2) is 0 Å². The van der Waals surface area contributed by atoms with Gasteiger partial charge in [-0.1, -0.05) is 52.5 Å². The second kappa shape index (κ2) is 6.33. The Hall–Kier alpha value is -2.48. The molecule has 0 aliphatic heterocycles. The summed E-state index contributed by atoms with van der Waals surface area (Å²) < 4.78 is 0. The van der Waals surface area contributed by atoms with Crippen molar-refractivity contribution < 1.29 is 0 Å². The molecule has 0 bridgehead atoms. The van der Waals surface area contributed by atoms with E-state index in [1.807, 2.05) is 13.0 Å². The van der Waals surface area contributed by atoms with Gasteiger partial charge < -0.3 is 4.90 Å². The van der Waals surface area contributed by atoms with Crippen molar-refractivity contribution in [1.29, 1.82) is 0 Å². The molecule has 0 saturated heterocycles. The summed E-state index contributed by atoms with van der Waals surface area (Å²) in [5, 5.41) is 0. The minimum absolute atomic E-state index is 0.821. The highest BCUT2D eigenvalue weighted by Crippen LogP contribution is 2.34. The van der Waals surface area contributed by atoms with Crippen LogP contribution in [-0.4, -0.2) is 7.85 Å².